The maximum absolute atomic E-state index is 13.3. The van der Waals surface area contributed by atoms with Crippen LogP contribution < -0.4 is 15.4 Å². The van der Waals surface area contributed by atoms with E-state index >= 15 is 0 Å². The third-order valence-corrected chi connectivity index (χ3v) is 9.28. The van der Waals surface area contributed by atoms with Crippen molar-refractivity contribution in [1.29, 1.82) is 0 Å². The monoisotopic (exact) mass is 735 g/mol. The quantitative estimate of drug-likeness (QED) is 0.0841. The van der Waals surface area contributed by atoms with Crippen molar-refractivity contribution >= 4 is 29.4 Å². The summed E-state index contributed by atoms with van der Waals surface area (Å²) in [6.45, 7) is 2.99. The lowest BCUT2D eigenvalue weighted by atomic mass is 9.94. The van der Waals surface area contributed by atoms with Crippen LogP contribution in [0, 0.1) is 0 Å². The molecular formula is C39H53N5O9. The molecule has 0 saturated heterocycles. The predicted octanol–water partition coefficient (Wildman–Crippen LogP) is 4.78. The molecule has 1 aromatic heterocycles. The summed E-state index contributed by atoms with van der Waals surface area (Å²) in [6, 6.07) is 12.2. The average molecular weight is 736 g/mol. The molecule has 2 aliphatic rings. The van der Waals surface area contributed by atoms with Crippen molar-refractivity contribution in [2.24, 2.45) is 7.05 Å². The van der Waals surface area contributed by atoms with Crippen molar-refractivity contribution in [1.82, 2.24) is 20.0 Å². The fraction of sp³-hybridized carbons (Fsp3) is 0.513. The number of aromatic nitrogens is 2. The van der Waals surface area contributed by atoms with Gasteiger partial charge in [0.05, 0.1) is 25.8 Å². The van der Waals surface area contributed by atoms with Gasteiger partial charge in [0.25, 0.3) is 5.91 Å². The molecule has 0 spiro atoms. The number of unbranched alkanes of at least 4 members (excludes halogenated alkanes) is 1. The molecule has 1 fully saturated rings. The molecule has 1 saturated carbocycles. The summed E-state index contributed by atoms with van der Waals surface area (Å²) < 4.78 is 13.3. The Morgan fingerprint density at radius 1 is 0.943 bits per heavy atom. The second kappa shape index (κ2) is 21.5. The van der Waals surface area contributed by atoms with Crippen LogP contribution in [0.1, 0.15) is 75.3 Å². The van der Waals surface area contributed by atoms with E-state index in [0.717, 1.165) is 36.0 Å². The molecule has 1 aliphatic carbocycles. The first kappa shape index (κ1) is 40.8. The molecule has 14 nitrogen and oxygen atoms in total. The first-order valence-electron chi connectivity index (χ1n) is 18.5. The smallest absolute Gasteiger partial charge is 0.303 e. The highest BCUT2D eigenvalue weighted by Gasteiger charge is 2.25. The molecule has 0 unspecified atom stereocenters. The van der Waals surface area contributed by atoms with Crippen LogP contribution in [0.3, 0.4) is 0 Å². The molecule has 2 aromatic carbocycles. The van der Waals surface area contributed by atoms with Gasteiger partial charge in [-0.15, -0.1) is 0 Å². The van der Waals surface area contributed by atoms with Gasteiger partial charge in [0.15, 0.2) is 12.4 Å². The molecule has 2 amide bonds. The zero-order chi connectivity index (χ0) is 38.0. The van der Waals surface area contributed by atoms with Crippen LogP contribution in [-0.4, -0.2) is 99.2 Å². The van der Waals surface area contributed by atoms with E-state index in [1.807, 2.05) is 25.5 Å². The fourth-order valence-electron chi connectivity index (χ4n) is 6.44. The van der Waals surface area contributed by atoms with E-state index < -0.39 is 11.9 Å². The highest BCUT2D eigenvalue weighted by molar-refractivity contribution is 5.97. The number of fused-ring (bicyclic) bond motifs is 1. The van der Waals surface area contributed by atoms with E-state index in [9.17, 15) is 24.3 Å². The van der Waals surface area contributed by atoms with Crippen LogP contribution in [-0.2, 0) is 43.8 Å². The zero-order valence-corrected chi connectivity index (χ0v) is 30.6. The molecule has 1 aliphatic heterocycles. The number of ether oxygens (including phenoxy) is 2. The number of hydrogen-bond donors (Lipinski definition) is 5. The molecule has 53 heavy (non-hydrogen) atoms. The number of anilines is 1. The maximum atomic E-state index is 13.3. The van der Waals surface area contributed by atoms with E-state index in [1.165, 1.54) is 24.8 Å². The van der Waals surface area contributed by atoms with E-state index in [0.29, 0.717) is 76.0 Å². The van der Waals surface area contributed by atoms with Gasteiger partial charge in [-0.25, -0.2) is 0 Å². The lowest BCUT2D eigenvalue weighted by Gasteiger charge is -2.34. The third-order valence-electron chi connectivity index (χ3n) is 9.28. The Morgan fingerprint density at radius 3 is 2.32 bits per heavy atom. The van der Waals surface area contributed by atoms with Gasteiger partial charge in [0.1, 0.15) is 11.4 Å². The number of phenolic OH excluding ortho intramolecular Hbond substituents is 1. The van der Waals surface area contributed by atoms with Crippen LogP contribution >= 0.6 is 0 Å². The Balaban J connectivity index is 0.000000550. The van der Waals surface area contributed by atoms with E-state index in [2.05, 4.69) is 44.9 Å². The molecule has 14 heteroatoms. The SMILES string of the molecule is Cn1cc(-c2ccc(CCOCCC(=O)N(CCNCCc3ccc(O)c4c3OCC(=O)N4)C3CCCCC3)cc2)cn1.O=C(O)CCCCC(=O)O. The molecule has 0 bridgehead atoms. The van der Waals surface area contributed by atoms with Crippen molar-refractivity contribution in [3.8, 4) is 22.6 Å². The molecule has 0 radical (unpaired) electrons. The van der Waals surface area contributed by atoms with Gasteiger partial charge >= 0.3 is 11.9 Å². The molecule has 5 rings (SSSR count). The van der Waals surface area contributed by atoms with Gasteiger partial charge in [-0.1, -0.05) is 49.6 Å². The molecule has 0 atom stereocenters. The zero-order valence-electron chi connectivity index (χ0n) is 30.6. The number of carboxylic acids is 2. The van der Waals surface area contributed by atoms with Gasteiger partial charge in [-0.3, -0.25) is 23.9 Å². The topological polar surface area (TPSA) is 193 Å². The molecular weight excluding hydrogens is 682 g/mol. The Bertz CT molecular complexity index is 1620. The number of aromatic hydroxyl groups is 1. The van der Waals surface area contributed by atoms with Gasteiger partial charge in [0, 0.05) is 50.8 Å². The van der Waals surface area contributed by atoms with Gasteiger partial charge in [-0.05, 0) is 67.8 Å². The third kappa shape index (κ3) is 13.8. The minimum atomic E-state index is -0.870. The maximum Gasteiger partial charge on any atom is 0.303 e. The Kier molecular flexibility index (Phi) is 16.6. The van der Waals surface area contributed by atoms with Crippen molar-refractivity contribution in [2.45, 2.75) is 83.1 Å². The average Bonchev–Trinajstić information content (AvgIpc) is 3.59. The Labute approximate surface area is 310 Å². The molecule has 288 valence electrons. The first-order chi connectivity index (χ1) is 25.6. The number of hydrogen-bond acceptors (Lipinski definition) is 9. The van der Waals surface area contributed by atoms with E-state index in [4.69, 9.17) is 19.7 Å². The number of carboxylic acid groups (broad SMARTS) is 2. The summed E-state index contributed by atoms with van der Waals surface area (Å²) in [4.78, 5) is 46.8. The van der Waals surface area contributed by atoms with Crippen LogP contribution in [0.15, 0.2) is 48.8 Å². The number of aliphatic carboxylic acids is 2. The summed E-state index contributed by atoms with van der Waals surface area (Å²) in [5.74, 6) is -1.33. The number of nitrogens with zero attached hydrogens (tertiary/aromatic N) is 3. The van der Waals surface area contributed by atoms with Crippen LogP contribution in [0.2, 0.25) is 0 Å². The lowest BCUT2D eigenvalue weighted by molar-refractivity contribution is -0.139. The summed E-state index contributed by atoms with van der Waals surface area (Å²) in [7, 11) is 1.91. The van der Waals surface area contributed by atoms with Crippen molar-refractivity contribution in [3.05, 3.63) is 59.9 Å². The number of carbonyl (C=O) groups is 4. The van der Waals surface area contributed by atoms with E-state index in [-0.39, 0.29) is 37.0 Å². The normalized spacial score (nSPS) is 13.9. The van der Waals surface area contributed by atoms with E-state index in [1.54, 1.807) is 10.7 Å². The highest BCUT2D eigenvalue weighted by Crippen LogP contribution is 2.39. The summed E-state index contributed by atoms with van der Waals surface area (Å²) in [6.07, 6.45) is 12.4. The molecule has 5 N–H and O–H groups in total. The second-order valence-electron chi connectivity index (χ2n) is 13.4. The van der Waals surface area contributed by atoms with Crippen molar-refractivity contribution in [2.75, 3.05) is 44.8 Å². The minimum absolute atomic E-state index is 0.000764. The van der Waals surface area contributed by atoms with Crippen molar-refractivity contribution in [3.63, 3.8) is 0 Å². The largest absolute Gasteiger partial charge is 0.506 e. The lowest BCUT2D eigenvalue weighted by Crippen LogP contribution is -2.45. The number of rotatable bonds is 19. The summed E-state index contributed by atoms with van der Waals surface area (Å²) >= 11 is 0. The fourth-order valence-corrected chi connectivity index (χ4v) is 6.44. The summed E-state index contributed by atoms with van der Waals surface area (Å²) in [5, 5.41) is 36.7. The minimum Gasteiger partial charge on any atom is -0.506 e. The van der Waals surface area contributed by atoms with Gasteiger partial charge < -0.3 is 40.3 Å². The number of aryl methyl sites for hydroxylation is 1. The number of carbonyl (C=O) groups excluding carboxylic acids is 2. The second-order valence-corrected chi connectivity index (χ2v) is 13.4. The number of phenols is 1. The van der Waals surface area contributed by atoms with Crippen LogP contribution in [0.25, 0.3) is 11.1 Å². The standard InChI is InChI=1S/C33H43N5O5.C6H10O4/c1-37-22-27(21-35-37)25-9-7-24(8-10-25)14-19-42-20-15-31(41)38(28-5-3-2-4-6-28)18-17-34-16-13-26-11-12-29(39)32-33(26)43-23-30(40)36-32;7-5(8)3-1-2-4-6(9)10/h7-12,21-22,28,34,39H,2-6,13-20,23H2,1H3,(H,36,40);1-4H2,(H,7,8)(H,9,10). The van der Waals surface area contributed by atoms with Crippen LogP contribution in [0.5, 0.6) is 11.5 Å². The Hall–Kier alpha value is -4.95. The van der Waals surface area contributed by atoms with Crippen molar-refractivity contribution < 1.29 is 44.0 Å². The first-order valence-corrected chi connectivity index (χ1v) is 18.5. The van der Waals surface area contributed by atoms with Crippen LogP contribution in [0.4, 0.5) is 5.69 Å². The highest BCUT2D eigenvalue weighted by atomic mass is 16.5. The molecule has 3 aromatic rings. The summed E-state index contributed by atoms with van der Waals surface area (Å²) in [5.41, 5.74) is 4.70. The Morgan fingerprint density at radius 2 is 1.66 bits per heavy atom. The number of benzene rings is 2. The van der Waals surface area contributed by atoms with Gasteiger partial charge in [0.2, 0.25) is 5.91 Å². The molecule has 2 heterocycles. The predicted molar refractivity (Wildman–Crippen MR) is 199 cm³/mol. The number of amides is 2. The number of nitrogens with one attached hydrogen (secondary N) is 2. The van der Waals surface area contributed by atoms with Gasteiger partial charge in [-0.2, -0.15) is 5.10 Å².